The predicted molar refractivity (Wildman–Crippen MR) is 104 cm³/mol. The maximum atomic E-state index is 12.0. The Morgan fingerprint density at radius 1 is 0.821 bits per heavy atom. The van der Waals surface area contributed by atoms with Gasteiger partial charge < -0.3 is 4.74 Å². The largest absolute Gasteiger partial charge is 0.457 e. The van der Waals surface area contributed by atoms with E-state index in [4.69, 9.17) is 4.74 Å². The number of carbonyl (C=O) groups excluding carboxylic acids is 2. The first kappa shape index (κ1) is 19.0. The summed E-state index contributed by atoms with van der Waals surface area (Å²) in [5.41, 5.74) is 3.07. The van der Waals surface area contributed by atoms with Crippen molar-refractivity contribution in [3.63, 3.8) is 0 Å². The number of hydrogen-bond acceptors (Lipinski definition) is 5. The lowest BCUT2D eigenvalue weighted by Gasteiger charge is -2.06. The first-order valence-corrected chi connectivity index (χ1v) is 8.60. The molecule has 140 valence electrons. The first-order chi connectivity index (χ1) is 13.5. The summed E-state index contributed by atoms with van der Waals surface area (Å²) < 4.78 is 5.03. The highest BCUT2D eigenvalue weighted by atomic mass is 16.6. The maximum absolute atomic E-state index is 12.0. The van der Waals surface area contributed by atoms with E-state index < -0.39 is 23.3 Å². The average molecular weight is 375 g/mol. The van der Waals surface area contributed by atoms with Gasteiger partial charge in [-0.05, 0) is 28.8 Å². The molecule has 6 nitrogen and oxygen atoms in total. The fourth-order valence-electron chi connectivity index (χ4n) is 2.66. The second-order valence-electron chi connectivity index (χ2n) is 6.13. The van der Waals surface area contributed by atoms with Crippen molar-refractivity contribution >= 4 is 17.4 Å². The molecule has 0 amide bonds. The van der Waals surface area contributed by atoms with Gasteiger partial charge in [0, 0.05) is 17.7 Å². The number of benzene rings is 3. The molecule has 0 fully saturated rings. The van der Waals surface area contributed by atoms with Gasteiger partial charge in [-0.3, -0.25) is 19.7 Å². The van der Waals surface area contributed by atoms with Gasteiger partial charge in [-0.1, -0.05) is 54.6 Å². The van der Waals surface area contributed by atoms with Crippen molar-refractivity contribution in [1.29, 1.82) is 0 Å². The fourth-order valence-corrected chi connectivity index (χ4v) is 2.66. The van der Waals surface area contributed by atoms with Crippen LogP contribution in [0.4, 0.5) is 5.69 Å². The number of esters is 1. The number of ether oxygens (including phenoxy) is 1. The van der Waals surface area contributed by atoms with E-state index in [1.807, 2.05) is 54.6 Å². The monoisotopic (exact) mass is 375 g/mol. The van der Waals surface area contributed by atoms with Crippen LogP contribution in [0.25, 0.3) is 11.1 Å². The topological polar surface area (TPSA) is 86.5 Å². The molecule has 0 aliphatic carbocycles. The summed E-state index contributed by atoms with van der Waals surface area (Å²) in [6.45, 7) is -0.404. The van der Waals surface area contributed by atoms with E-state index in [1.165, 1.54) is 24.3 Å². The quantitative estimate of drug-likeness (QED) is 0.267. The molecule has 0 heterocycles. The predicted octanol–water partition coefficient (Wildman–Crippen LogP) is 4.23. The summed E-state index contributed by atoms with van der Waals surface area (Å²) in [6.07, 6.45) is 0.0581. The summed E-state index contributed by atoms with van der Waals surface area (Å²) in [4.78, 5) is 34.1. The van der Waals surface area contributed by atoms with Crippen LogP contribution in [0, 0.1) is 10.1 Å². The molecule has 0 aromatic heterocycles. The van der Waals surface area contributed by atoms with E-state index in [-0.39, 0.29) is 17.7 Å². The highest BCUT2D eigenvalue weighted by Gasteiger charge is 2.12. The van der Waals surface area contributed by atoms with Crippen LogP contribution in [-0.4, -0.2) is 23.3 Å². The van der Waals surface area contributed by atoms with Crippen LogP contribution in [0.1, 0.15) is 15.9 Å². The Hall–Kier alpha value is -3.80. The molecule has 3 rings (SSSR count). The fraction of sp³-hybridized carbons (Fsp3) is 0.0909. The van der Waals surface area contributed by atoms with E-state index >= 15 is 0 Å². The van der Waals surface area contributed by atoms with Crippen molar-refractivity contribution in [2.24, 2.45) is 0 Å². The lowest BCUT2D eigenvalue weighted by Crippen LogP contribution is -2.15. The van der Waals surface area contributed by atoms with E-state index in [1.54, 1.807) is 0 Å². The second-order valence-corrected chi connectivity index (χ2v) is 6.13. The van der Waals surface area contributed by atoms with Crippen molar-refractivity contribution in [2.75, 3.05) is 6.61 Å². The van der Waals surface area contributed by atoms with E-state index in [0.29, 0.717) is 0 Å². The van der Waals surface area contributed by atoms with Gasteiger partial charge in [0.2, 0.25) is 0 Å². The zero-order valence-electron chi connectivity index (χ0n) is 14.9. The van der Waals surface area contributed by atoms with Crippen LogP contribution in [0.3, 0.4) is 0 Å². The summed E-state index contributed by atoms with van der Waals surface area (Å²) in [5.74, 6) is -0.926. The summed E-state index contributed by atoms with van der Waals surface area (Å²) in [7, 11) is 0. The number of Topliss-reactive ketones (excluding diaryl/α,β-unsaturated/α-hetero) is 1. The third-order valence-corrected chi connectivity index (χ3v) is 4.17. The zero-order valence-corrected chi connectivity index (χ0v) is 14.9. The van der Waals surface area contributed by atoms with Gasteiger partial charge in [-0.25, -0.2) is 0 Å². The van der Waals surface area contributed by atoms with Gasteiger partial charge in [-0.15, -0.1) is 0 Å². The van der Waals surface area contributed by atoms with Crippen LogP contribution >= 0.6 is 0 Å². The van der Waals surface area contributed by atoms with Crippen molar-refractivity contribution in [3.8, 4) is 11.1 Å². The molecule has 0 unspecified atom stereocenters. The van der Waals surface area contributed by atoms with Gasteiger partial charge >= 0.3 is 5.97 Å². The van der Waals surface area contributed by atoms with Gasteiger partial charge in [0.25, 0.3) is 5.69 Å². The number of nitrogens with zero attached hydrogens (tertiary/aromatic N) is 1. The molecule has 0 N–H and O–H groups in total. The van der Waals surface area contributed by atoms with Crippen LogP contribution in [0.2, 0.25) is 0 Å². The molecular weight excluding hydrogens is 358 g/mol. The van der Waals surface area contributed by atoms with E-state index in [0.717, 1.165) is 16.7 Å². The summed E-state index contributed by atoms with van der Waals surface area (Å²) in [5, 5.41) is 10.6. The zero-order chi connectivity index (χ0) is 19.9. The molecular formula is C22H17NO5. The SMILES string of the molecule is O=C(Cc1ccc(-c2ccccc2)cc1)OCC(=O)c1ccc([N+](=O)[O-])cc1. The highest BCUT2D eigenvalue weighted by Crippen LogP contribution is 2.19. The van der Waals surface area contributed by atoms with Gasteiger partial charge in [-0.2, -0.15) is 0 Å². The minimum Gasteiger partial charge on any atom is -0.457 e. The van der Waals surface area contributed by atoms with Gasteiger partial charge in [0.1, 0.15) is 0 Å². The van der Waals surface area contributed by atoms with Crippen LogP contribution in [-0.2, 0) is 16.0 Å². The third-order valence-electron chi connectivity index (χ3n) is 4.17. The number of nitro groups is 1. The number of non-ortho nitro benzene ring substituents is 1. The minimum absolute atomic E-state index is 0.0581. The summed E-state index contributed by atoms with van der Waals surface area (Å²) >= 11 is 0. The van der Waals surface area contributed by atoms with Crippen LogP contribution in [0.5, 0.6) is 0 Å². The van der Waals surface area contributed by atoms with Crippen LogP contribution < -0.4 is 0 Å². The Kier molecular flexibility index (Phi) is 5.91. The van der Waals surface area contributed by atoms with Crippen molar-refractivity contribution in [3.05, 3.63) is 100 Å². The molecule has 0 saturated carbocycles. The first-order valence-electron chi connectivity index (χ1n) is 8.60. The number of hydrogen-bond donors (Lipinski definition) is 0. The Balaban J connectivity index is 1.52. The average Bonchev–Trinajstić information content (AvgIpc) is 2.73. The molecule has 3 aromatic carbocycles. The normalized spacial score (nSPS) is 10.3. The smallest absolute Gasteiger partial charge is 0.310 e. The number of ketones is 1. The Morgan fingerprint density at radius 2 is 1.43 bits per heavy atom. The van der Waals surface area contributed by atoms with Crippen molar-refractivity contribution in [1.82, 2.24) is 0 Å². The molecule has 0 radical (unpaired) electrons. The molecule has 0 aliphatic rings. The molecule has 0 atom stereocenters. The summed E-state index contributed by atoms with van der Waals surface area (Å²) in [6, 6.07) is 22.6. The highest BCUT2D eigenvalue weighted by molar-refractivity contribution is 5.98. The van der Waals surface area contributed by atoms with E-state index in [2.05, 4.69) is 0 Å². The molecule has 0 spiro atoms. The number of carbonyl (C=O) groups is 2. The van der Waals surface area contributed by atoms with Crippen molar-refractivity contribution < 1.29 is 19.2 Å². The molecule has 0 aliphatic heterocycles. The standard InChI is InChI=1S/C22H17NO5/c24-21(19-10-12-20(13-11-19)23(26)27)15-28-22(25)14-16-6-8-18(9-7-16)17-4-2-1-3-5-17/h1-13H,14-15H2. The van der Waals surface area contributed by atoms with Crippen molar-refractivity contribution in [2.45, 2.75) is 6.42 Å². The van der Waals surface area contributed by atoms with E-state index in [9.17, 15) is 19.7 Å². The Morgan fingerprint density at radius 3 is 2.04 bits per heavy atom. The second kappa shape index (κ2) is 8.73. The van der Waals surface area contributed by atoms with Crippen LogP contribution in [0.15, 0.2) is 78.9 Å². The van der Waals surface area contributed by atoms with Gasteiger partial charge in [0.15, 0.2) is 12.4 Å². The molecule has 0 saturated heterocycles. The minimum atomic E-state index is -0.544. The molecule has 3 aromatic rings. The lowest BCUT2D eigenvalue weighted by molar-refractivity contribution is -0.384. The van der Waals surface area contributed by atoms with Gasteiger partial charge in [0.05, 0.1) is 11.3 Å². The molecule has 6 heteroatoms. The molecule has 0 bridgehead atoms. The number of rotatable bonds is 7. The number of nitro benzene ring substituents is 1. The lowest BCUT2D eigenvalue weighted by atomic mass is 10.0. The Labute approximate surface area is 161 Å². The Bertz CT molecular complexity index is 980. The maximum Gasteiger partial charge on any atom is 0.310 e. The molecule has 28 heavy (non-hydrogen) atoms. The third kappa shape index (κ3) is 4.88.